The number of carbonyl (C=O) groups excluding carboxylic acids is 4. The number of carbonyl (C=O) groups is 4. The number of aldehydes is 1. The highest BCUT2D eigenvalue weighted by Crippen LogP contribution is 2.29. The molecule has 6 aromatic heterocycles. The molecule has 0 saturated carbocycles. The summed E-state index contributed by atoms with van der Waals surface area (Å²) in [6.45, 7) is 2.99. The van der Waals surface area contributed by atoms with Crippen molar-refractivity contribution in [1.29, 1.82) is 0 Å². The van der Waals surface area contributed by atoms with Crippen molar-refractivity contribution in [3.63, 3.8) is 0 Å². The highest BCUT2D eigenvalue weighted by molar-refractivity contribution is 9.11. The average molecular weight is 1430 g/mol. The number of ether oxygens (including phenoxy) is 2. The Labute approximate surface area is 559 Å². The van der Waals surface area contributed by atoms with Crippen LogP contribution in [0, 0.1) is 0 Å². The minimum absolute atomic E-state index is 0.0213. The number of para-hydroxylation sites is 3. The lowest BCUT2D eigenvalue weighted by molar-refractivity contribution is -0.183. The van der Waals surface area contributed by atoms with E-state index in [9.17, 15) is 33.6 Å². The van der Waals surface area contributed by atoms with Crippen LogP contribution in [0.4, 0.5) is 0 Å². The van der Waals surface area contributed by atoms with Crippen LogP contribution in [0.5, 0.6) is 0 Å². The highest BCUT2D eigenvalue weighted by Gasteiger charge is 2.27. The van der Waals surface area contributed by atoms with Gasteiger partial charge < -0.3 is 28.1 Å². The summed E-state index contributed by atoms with van der Waals surface area (Å²) in [6, 6.07) is 59.8. The zero-order valence-corrected chi connectivity index (χ0v) is 55.1. The van der Waals surface area contributed by atoms with Crippen LogP contribution in [0.25, 0.3) is 32.7 Å². The van der Waals surface area contributed by atoms with E-state index in [1.807, 2.05) is 160 Å². The minimum Gasteiger partial charge on any atom is -0.348 e. The van der Waals surface area contributed by atoms with Gasteiger partial charge in [0, 0.05) is 69.1 Å². The summed E-state index contributed by atoms with van der Waals surface area (Å²) in [6.07, 6.45) is 5.67. The molecule has 1 aliphatic rings. The molecule has 0 radical (unpaired) electrons. The first-order valence-corrected chi connectivity index (χ1v) is 32.0. The number of hydrogen-bond donors (Lipinski definition) is 0. The third kappa shape index (κ3) is 15.0. The van der Waals surface area contributed by atoms with Gasteiger partial charge in [0.2, 0.25) is 16.3 Å². The second-order valence-corrected chi connectivity index (χ2v) is 24.4. The third-order valence-electron chi connectivity index (χ3n) is 15.4. The van der Waals surface area contributed by atoms with E-state index >= 15 is 0 Å². The molecule has 19 heteroatoms. The number of hydrogen-bond acceptors (Lipinski definition) is 13. The second-order valence-electron chi connectivity index (χ2n) is 22.0. The molecule has 1 aliphatic heterocycles. The Morgan fingerprint density at radius 3 is 1.25 bits per heavy atom. The lowest BCUT2D eigenvalue weighted by Gasteiger charge is -2.25. The Morgan fingerprint density at radius 1 is 0.452 bits per heavy atom. The Kier molecular flexibility index (Phi) is 20.8. The Bertz CT molecular complexity index is 5020. The van der Waals surface area contributed by atoms with Crippen LogP contribution < -0.4 is 16.3 Å². The maximum absolute atomic E-state index is 13.7. The topological polar surface area (TPSA) is 195 Å². The predicted octanol–water partition coefficient (Wildman–Crippen LogP) is 13.6. The normalized spacial score (nSPS) is 12.2. The Balaban J connectivity index is 0.000000143. The molecule has 0 spiro atoms. The second kappa shape index (κ2) is 29.8. The van der Waals surface area contributed by atoms with E-state index in [2.05, 4.69) is 62.7 Å². The Morgan fingerprint density at radius 2 is 0.817 bits per heavy atom. The van der Waals surface area contributed by atoms with Crippen molar-refractivity contribution in [3.05, 3.63) is 330 Å². The summed E-state index contributed by atoms with van der Waals surface area (Å²) in [7, 11) is 3.91. The molecule has 0 aliphatic carbocycles. The number of nitrogens with zero attached hydrogens (tertiary/aromatic N) is 7. The van der Waals surface area contributed by atoms with E-state index in [1.54, 1.807) is 91.4 Å². The lowest BCUT2D eigenvalue weighted by Crippen LogP contribution is -2.23. The van der Waals surface area contributed by atoms with Crippen LogP contribution in [0.2, 0.25) is 0 Å². The summed E-state index contributed by atoms with van der Waals surface area (Å²) in [5.41, 5.74) is 6.97. The van der Waals surface area contributed by atoms with Crippen LogP contribution in [-0.2, 0) is 35.7 Å². The first-order valence-electron chi connectivity index (χ1n) is 29.6. The Hall–Kier alpha value is -9.60. The number of halogens is 3. The monoisotopic (exact) mass is 1430 g/mol. The molecule has 0 amide bonds. The van der Waals surface area contributed by atoms with Gasteiger partial charge in [0.25, 0.3) is 0 Å². The summed E-state index contributed by atoms with van der Waals surface area (Å²) >= 11 is 10.2. The van der Waals surface area contributed by atoms with E-state index in [1.165, 1.54) is 0 Å². The number of benzene rings is 6. The van der Waals surface area contributed by atoms with Crippen LogP contribution in [0.3, 0.4) is 0 Å². The molecular formula is C74H58Br3N7O9. The number of pyridine rings is 6. The van der Waals surface area contributed by atoms with Crippen LogP contribution in [0.1, 0.15) is 99.0 Å². The van der Waals surface area contributed by atoms with Gasteiger partial charge in [-0.1, -0.05) is 127 Å². The summed E-state index contributed by atoms with van der Waals surface area (Å²) in [4.78, 5) is 107. The molecule has 1 fully saturated rings. The minimum atomic E-state index is -0.618. The molecule has 0 atom stereocenters. The van der Waals surface area contributed by atoms with E-state index in [0.717, 1.165) is 49.3 Å². The SMILES string of the molecule is CN(C)Cc1ccccc1C(=O)c1cn(Cc2cccc(Br)n2)c2ccccc2c1=O.O=C(c1ccccc1C1OCCCO1)c1cn(Cc2cccc(Br)n2)c2ccccc2c1=O.O=Cc1ccccc1C(=O)c1cn(Cc2cccc(Br)n2)c2ccccc2c1=O. The maximum atomic E-state index is 13.7. The molecule has 12 aromatic rings. The molecule has 0 bridgehead atoms. The molecule has 464 valence electrons. The van der Waals surface area contributed by atoms with Crippen molar-refractivity contribution in [1.82, 2.24) is 33.6 Å². The standard InChI is InChI=1S/C26H21BrN2O4.C25H22BrN3O2.C23H15BrN2O3/c27-23-12-5-7-17(28-23)15-29-16-21(25(31)20-10-3-4-11-22(20)29)24(30)18-8-1-2-9-19(18)26-32-13-6-14-33-26;1-28(2)14-17-8-3-4-10-19(17)24(30)21-16-29(15-18-9-7-13-23(26)27-18)22-12-6-5-11-20(22)25(21)31;24-21-11-5-7-16(25-21)12-26-13-19(23(29)18-9-3-4-10-20(18)26)22(28)17-8-2-1-6-15(17)14-27/h1-5,7-12,16,26H,6,13-15H2;3-13,16H,14-15H2,1-2H3;1-11,13-14H,12H2. The van der Waals surface area contributed by atoms with Gasteiger partial charge in [-0.15, -0.1) is 0 Å². The van der Waals surface area contributed by atoms with Crippen molar-refractivity contribution >= 4 is 104 Å². The van der Waals surface area contributed by atoms with E-state index < -0.39 is 12.1 Å². The smallest absolute Gasteiger partial charge is 0.200 e. The average Bonchev–Trinajstić information content (AvgIpc) is 0.974. The van der Waals surface area contributed by atoms with Gasteiger partial charge in [0.1, 0.15) is 13.8 Å². The zero-order valence-electron chi connectivity index (χ0n) is 50.3. The van der Waals surface area contributed by atoms with Gasteiger partial charge in [0.15, 0.2) is 29.9 Å². The third-order valence-corrected chi connectivity index (χ3v) is 16.7. The highest BCUT2D eigenvalue weighted by atomic mass is 79.9. The van der Waals surface area contributed by atoms with E-state index in [-0.39, 0.29) is 55.7 Å². The van der Waals surface area contributed by atoms with Gasteiger partial charge in [-0.05, 0) is 147 Å². The summed E-state index contributed by atoms with van der Waals surface area (Å²) < 4.78 is 19.3. The fourth-order valence-corrected chi connectivity index (χ4v) is 12.2. The molecule has 1 saturated heterocycles. The summed E-state index contributed by atoms with van der Waals surface area (Å²) in [5, 5.41) is 1.45. The molecule has 13 rings (SSSR count). The number of fused-ring (bicyclic) bond motifs is 3. The quantitative estimate of drug-likeness (QED) is 0.0504. The van der Waals surface area contributed by atoms with Gasteiger partial charge >= 0.3 is 0 Å². The van der Waals surface area contributed by atoms with Crippen molar-refractivity contribution in [3.8, 4) is 0 Å². The number of ketones is 3. The first kappa shape index (κ1) is 64.9. The van der Waals surface area contributed by atoms with Crippen LogP contribution in [0.15, 0.2) is 247 Å². The summed E-state index contributed by atoms with van der Waals surface area (Å²) in [5.74, 6) is -1.08. The maximum Gasteiger partial charge on any atom is 0.200 e. The first-order chi connectivity index (χ1) is 45.1. The molecule has 16 nitrogen and oxygen atoms in total. The number of aromatic nitrogens is 6. The molecular weight excluding hydrogens is 1370 g/mol. The lowest BCUT2D eigenvalue weighted by atomic mass is 9.97. The molecule has 6 aromatic carbocycles. The fraction of sp³-hybridized carbons (Fsp3) is 0.135. The molecule has 0 N–H and O–H groups in total. The zero-order chi connectivity index (χ0) is 65.1. The van der Waals surface area contributed by atoms with E-state index in [4.69, 9.17) is 9.47 Å². The fourth-order valence-electron chi connectivity index (χ4n) is 11.1. The van der Waals surface area contributed by atoms with Crippen LogP contribution >= 0.6 is 47.8 Å². The molecule has 0 unspecified atom stereocenters. The largest absolute Gasteiger partial charge is 0.348 e. The van der Waals surface area contributed by atoms with E-state index in [0.29, 0.717) is 88.6 Å². The van der Waals surface area contributed by atoms with Crippen molar-refractivity contribution in [2.75, 3.05) is 27.3 Å². The van der Waals surface area contributed by atoms with Crippen molar-refractivity contribution in [2.24, 2.45) is 0 Å². The molecule has 7 heterocycles. The van der Waals surface area contributed by atoms with Gasteiger partial charge in [-0.2, -0.15) is 0 Å². The van der Waals surface area contributed by atoms with Gasteiger partial charge in [-0.3, -0.25) is 33.6 Å². The predicted molar refractivity (Wildman–Crippen MR) is 369 cm³/mol. The van der Waals surface area contributed by atoms with Crippen molar-refractivity contribution in [2.45, 2.75) is 38.9 Å². The number of rotatable bonds is 16. The van der Waals surface area contributed by atoms with Gasteiger partial charge in [0.05, 0.1) is 83.2 Å². The van der Waals surface area contributed by atoms with Gasteiger partial charge in [-0.25, -0.2) is 15.0 Å². The molecule has 93 heavy (non-hydrogen) atoms. The van der Waals surface area contributed by atoms with Crippen molar-refractivity contribution < 1.29 is 28.7 Å². The van der Waals surface area contributed by atoms with Crippen LogP contribution in [-0.4, -0.2) is 84.5 Å².